The fourth-order valence-corrected chi connectivity index (χ4v) is 5.84. The van der Waals surface area contributed by atoms with Crippen LogP contribution < -0.4 is 16.2 Å². The van der Waals surface area contributed by atoms with E-state index in [4.69, 9.17) is 23.2 Å². The summed E-state index contributed by atoms with van der Waals surface area (Å²) in [4.78, 5) is 25.2. The molecule has 1 unspecified atom stereocenters. The molecule has 2 bridgehead atoms. The van der Waals surface area contributed by atoms with Gasteiger partial charge in [0.05, 0.1) is 24.1 Å². The van der Waals surface area contributed by atoms with Crippen LogP contribution in [0, 0.1) is 23.2 Å². The maximum atomic E-state index is 12.7. The molecule has 2 N–H and O–H groups in total. The predicted molar refractivity (Wildman–Crippen MR) is 124 cm³/mol. The Labute approximate surface area is 197 Å². The zero-order valence-electron chi connectivity index (χ0n) is 18.6. The molecule has 0 spiro atoms. The van der Waals surface area contributed by atoms with Gasteiger partial charge in [0.15, 0.2) is 5.15 Å². The summed E-state index contributed by atoms with van der Waals surface area (Å²) >= 11 is 12.4. The SMILES string of the molecule is CC(NC(=O)Cn1ncc(N[C@@H]2C[C@H]3C[C@@H]([C@H]2C)C3(C)C)c(Cl)c1=O)c1ccnnc1Cl. The Morgan fingerprint density at radius 1 is 1.34 bits per heavy atom. The summed E-state index contributed by atoms with van der Waals surface area (Å²) in [7, 11) is 0. The highest BCUT2D eigenvalue weighted by molar-refractivity contribution is 6.33. The van der Waals surface area contributed by atoms with Crippen molar-refractivity contribution in [2.45, 2.75) is 59.2 Å². The smallest absolute Gasteiger partial charge is 0.288 e. The summed E-state index contributed by atoms with van der Waals surface area (Å²) in [6.45, 7) is 8.47. The van der Waals surface area contributed by atoms with Gasteiger partial charge in [0.1, 0.15) is 11.6 Å². The molecule has 3 saturated carbocycles. The third kappa shape index (κ3) is 4.10. The highest BCUT2D eigenvalue weighted by Gasteiger charge is 2.56. The maximum absolute atomic E-state index is 12.7. The minimum absolute atomic E-state index is 0.0490. The van der Waals surface area contributed by atoms with Crippen molar-refractivity contribution in [2.24, 2.45) is 23.2 Å². The summed E-state index contributed by atoms with van der Waals surface area (Å²) in [5.41, 5.74) is 1.03. The maximum Gasteiger partial charge on any atom is 0.288 e. The number of carbonyl (C=O) groups is 1. The molecule has 3 aliphatic carbocycles. The van der Waals surface area contributed by atoms with E-state index in [9.17, 15) is 9.59 Å². The summed E-state index contributed by atoms with van der Waals surface area (Å²) in [5.74, 6) is 1.44. The molecule has 2 heterocycles. The second-order valence-electron chi connectivity index (χ2n) is 9.61. The first-order valence-electron chi connectivity index (χ1n) is 10.9. The number of amides is 1. The van der Waals surface area contributed by atoms with Gasteiger partial charge >= 0.3 is 0 Å². The molecule has 10 heteroatoms. The van der Waals surface area contributed by atoms with Crippen molar-refractivity contribution in [2.75, 3.05) is 5.32 Å². The number of hydrogen-bond donors (Lipinski definition) is 2. The quantitative estimate of drug-likeness (QED) is 0.655. The van der Waals surface area contributed by atoms with Gasteiger partial charge in [0.25, 0.3) is 5.56 Å². The molecular formula is C22H28Cl2N6O2. The molecule has 2 aromatic heterocycles. The van der Waals surface area contributed by atoms with Gasteiger partial charge in [0, 0.05) is 11.6 Å². The Hall–Kier alpha value is -2.19. The van der Waals surface area contributed by atoms with E-state index in [0.29, 0.717) is 34.4 Å². The number of hydrogen-bond acceptors (Lipinski definition) is 6. The van der Waals surface area contributed by atoms with Gasteiger partial charge < -0.3 is 10.6 Å². The van der Waals surface area contributed by atoms with E-state index in [-0.39, 0.29) is 28.7 Å². The largest absolute Gasteiger partial charge is 0.379 e. The van der Waals surface area contributed by atoms with Crippen molar-refractivity contribution >= 4 is 34.8 Å². The van der Waals surface area contributed by atoms with Crippen LogP contribution in [0.3, 0.4) is 0 Å². The van der Waals surface area contributed by atoms with Gasteiger partial charge in [-0.05, 0) is 49.0 Å². The highest BCUT2D eigenvalue weighted by atomic mass is 35.5. The number of carbonyl (C=O) groups excluding carboxylic acids is 1. The van der Waals surface area contributed by atoms with E-state index in [1.54, 1.807) is 13.0 Å². The second-order valence-corrected chi connectivity index (χ2v) is 10.3. The number of rotatable bonds is 6. The van der Waals surface area contributed by atoms with Crippen LogP contribution >= 0.6 is 23.2 Å². The Kier molecular flexibility index (Phi) is 6.20. The van der Waals surface area contributed by atoms with Gasteiger partial charge in [-0.1, -0.05) is 44.0 Å². The first kappa shape index (κ1) is 23.0. The lowest BCUT2D eigenvalue weighted by molar-refractivity contribution is -0.122. The molecule has 3 fully saturated rings. The lowest BCUT2D eigenvalue weighted by Gasteiger charge is -2.62. The summed E-state index contributed by atoms with van der Waals surface area (Å²) < 4.78 is 1.06. The van der Waals surface area contributed by atoms with E-state index in [0.717, 1.165) is 11.1 Å². The minimum Gasteiger partial charge on any atom is -0.379 e. The number of anilines is 1. The van der Waals surface area contributed by atoms with Crippen molar-refractivity contribution in [3.05, 3.63) is 44.6 Å². The van der Waals surface area contributed by atoms with Crippen LogP contribution in [0.2, 0.25) is 10.2 Å². The van der Waals surface area contributed by atoms with E-state index >= 15 is 0 Å². The number of nitrogens with zero attached hydrogens (tertiary/aromatic N) is 4. The molecule has 32 heavy (non-hydrogen) atoms. The molecule has 0 radical (unpaired) electrons. The molecule has 0 aliphatic heterocycles. The predicted octanol–water partition coefficient (Wildman–Crippen LogP) is 3.70. The summed E-state index contributed by atoms with van der Waals surface area (Å²) in [6.07, 6.45) is 5.35. The molecule has 5 atom stereocenters. The van der Waals surface area contributed by atoms with Crippen LogP contribution in [0.25, 0.3) is 0 Å². The molecule has 0 aromatic carbocycles. The average Bonchev–Trinajstić information content (AvgIpc) is 2.74. The van der Waals surface area contributed by atoms with E-state index in [1.165, 1.54) is 18.8 Å². The Balaban J connectivity index is 1.41. The van der Waals surface area contributed by atoms with Gasteiger partial charge in [-0.25, -0.2) is 4.68 Å². The van der Waals surface area contributed by atoms with Gasteiger partial charge in [-0.2, -0.15) is 10.2 Å². The fourth-order valence-electron chi connectivity index (χ4n) is 5.37. The van der Waals surface area contributed by atoms with Crippen LogP contribution in [0.5, 0.6) is 0 Å². The van der Waals surface area contributed by atoms with Crippen molar-refractivity contribution in [3.8, 4) is 0 Å². The normalized spacial score (nSPS) is 26.7. The summed E-state index contributed by atoms with van der Waals surface area (Å²) in [5, 5.41) is 18.1. The Morgan fingerprint density at radius 2 is 2.09 bits per heavy atom. The highest BCUT2D eigenvalue weighted by Crippen LogP contribution is 2.61. The van der Waals surface area contributed by atoms with Crippen molar-refractivity contribution in [3.63, 3.8) is 0 Å². The van der Waals surface area contributed by atoms with Crippen LogP contribution in [-0.2, 0) is 11.3 Å². The van der Waals surface area contributed by atoms with Gasteiger partial charge in [0.2, 0.25) is 5.91 Å². The fraction of sp³-hybridized carbons (Fsp3) is 0.591. The van der Waals surface area contributed by atoms with Gasteiger partial charge in [-0.3, -0.25) is 9.59 Å². The number of halogens is 2. The second kappa shape index (κ2) is 8.63. The van der Waals surface area contributed by atoms with Crippen LogP contribution in [0.1, 0.15) is 52.1 Å². The van der Waals surface area contributed by atoms with Gasteiger partial charge in [-0.15, -0.1) is 5.10 Å². The topological polar surface area (TPSA) is 102 Å². The number of aromatic nitrogens is 4. The van der Waals surface area contributed by atoms with E-state index in [1.807, 2.05) is 0 Å². The van der Waals surface area contributed by atoms with Crippen molar-refractivity contribution in [1.29, 1.82) is 0 Å². The number of nitrogens with one attached hydrogen (secondary N) is 2. The molecule has 3 aliphatic rings. The third-order valence-corrected chi connectivity index (χ3v) is 8.18. The molecule has 2 aromatic rings. The molecule has 1 amide bonds. The monoisotopic (exact) mass is 478 g/mol. The Bertz CT molecular complexity index is 1090. The van der Waals surface area contributed by atoms with Crippen LogP contribution in [0.4, 0.5) is 5.69 Å². The standard InChI is InChI=1S/C22H28Cl2N6O2/c1-11-15-7-13(22(15,3)4)8-16(11)28-17-9-26-30(21(32)19(17)23)10-18(31)27-12(2)14-5-6-25-29-20(14)24/h5-6,9,11-13,15-16,28H,7-8,10H2,1-4H3,(H,27,31)/t11-,12?,13-,15+,16-/m1/s1. The van der Waals surface area contributed by atoms with Crippen molar-refractivity contribution < 1.29 is 4.79 Å². The minimum atomic E-state index is -0.503. The first-order chi connectivity index (χ1) is 15.1. The number of fused-ring (bicyclic) bond motifs is 2. The van der Waals surface area contributed by atoms with E-state index in [2.05, 4.69) is 46.7 Å². The van der Waals surface area contributed by atoms with Crippen LogP contribution in [-0.4, -0.2) is 31.9 Å². The molecular weight excluding hydrogens is 451 g/mol. The van der Waals surface area contributed by atoms with E-state index < -0.39 is 11.6 Å². The molecule has 172 valence electrons. The van der Waals surface area contributed by atoms with Crippen LogP contribution in [0.15, 0.2) is 23.3 Å². The lowest BCUT2D eigenvalue weighted by atomic mass is 9.45. The average molecular weight is 479 g/mol. The first-order valence-corrected chi connectivity index (χ1v) is 11.6. The third-order valence-electron chi connectivity index (χ3n) is 7.52. The molecule has 5 rings (SSSR count). The summed E-state index contributed by atoms with van der Waals surface area (Å²) in [6, 6.07) is 1.53. The molecule has 0 saturated heterocycles. The molecule has 8 nitrogen and oxygen atoms in total. The zero-order chi connectivity index (χ0) is 23.2. The Morgan fingerprint density at radius 3 is 2.75 bits per heavy atom. The zero-order valence-corrected chi connectivity index (χ0v) is 20.1. The van der Waals surface area contributed by atoms with Crippen molar-refractivity contribution in [1.82, 2.24) is 25.3 Å². The lowest BCUT2D eigenvalue weighted by Crippen LogP contribution is -2.58.